The van der Waals surface area contributed by atoms with Crippen molar-refractivity contribution in [1.82, 2.24) is 10.6 Å². The van der Waals surface area contributed by atoms with Crippen molar-refractivity contribution in [3.8, 4) is 11.5 Å². The normalized spacial score (nSPS) is 12.7. The highest BCUT2D eigenvalue weighted by Crippen LogP contribution is 2.27. The number of nitro benzene ring substituents is 1. The summed E-state index contributed by atoms with van der Waals surface area (Å²) in [6, 6.07) is 7.13. The van der Waals surface area contributed by atoms with Crippen molar-refractivity contribution in [3.63, 3.8) is 0 Å². The predicted octanol–water partition coefficient (Wildman–Crippen LogP) is 2.34. The summed E-state index contributed by atoms with van der Waals surface area (Å²) in [5, 5.41) is 35.3. The fourth-order valence-corrected chi connectivity index (χ4v) is 3.21. The van der Waals surface area contributed by atoms with Crippen molar-refractivity contribution in [2.45, 2.75) is 51.3 Å². The Morgan fingerprint density at radius 2 is 1.56 bits per heavy atom. The van der Waals surface area contributed by atoms with Crippen molar-refractivity contribution < 1.29 is 39.0 Å². The number of amides is 2. The first-order valence-corrected chi connectivity index (χ1v) is 10.9. The van der Waals surface area contributed by atoms with E-state index in [0.717, 1.165) is 19.2 Å². The molecule has 12 nitrogen and oxygen atoms in total. The Bertz CT molecular complexity index is 1110. The molecule has 0 aliphatic heterocycles. The van der Waals surface area contributed by atoms with Gasteiger partial charge in [0.2, 0.25) is 5.91 Å². The van der Waals surface area contributed by atoms with Gasteiger partial charge in [0.25, 0.3) is 0 Å². The molecule has 2 amide bonds. The summed E-state index contributed by atoms with van der Waals surface area (Å²) in [6.07, 6.45) is -1.09. The molecule has 0 unspecified atom stereocenters. The number of nitro groups is 1. The van der Waals surface area contributed by atoms with Crippen LogP contribution in [0.1, 0.15) is 31.9 Å². The highest BCUT2D eigenvalue weighted by molar-refractivity contribution is 5.90. The van der Waals surface area contributed by atoms with E-state index in [1.807, 2.05) is 0 Å². The number of hydrogen-bond donors (Lipinski definition) is 4. The highest BCUT2D eigenvalue weighted by Gasteiger charge is 2.30. The SMILES string of the molecule is COC(=O)[C@H](Cc1ccc(O)cc1)NC(=O)[C@H](Cc1ccc(O)c([N+](=O)[O-])c1)NC(=O)OC(C)(C)C. The van der Waals surface area contributed by atoms with Gasteiger partial charge >= 0.3 is 17.7 Å². The van der Waals surface area contributed by atoms with E-state index >= 15 is 0 Å². The second-order valence-corrected chi connectivity index (χ2v) is 8.94. The number of carbonyl (C=O) groups excluding carboxylic acids is 3. The van der Waals surface area contributed by atoms with Gasteiger partial charge < -0.3 is 30.3 Å². The van der Waals surface area contributed by atoms with Crippen LogP contribution >= 0.6 is 0 Å². The minimum atomic E-state index is -1.30. The van der Waals surface area contributed by atoms with E-state index < -0.39 is 52.0 Å². The molecule has 2 aromatic rings. The fraction of sp³-hybridized carbons (Fsp3) is 0.375. The number of aromatic hydroxyl groups is 2. The summed E-state index contributed by atoms with van der Waals surface area (Å²) in [5.74, 6) is -2.04. The van der Waals surface area contributed by atoms with Crippen molar-refractivity contribution in [2.24, 2.45) is 0 Å². The molecule has 0 aliphatic carbocycles. The number of phenolic OH excluding ortho intramolecular Hbond substituents is 2. The Kier molecular flexibility index (Phi) is 9.19. The van der Waals surface area contributed by atoms with Gasteiger partial charge in [0.05, 0.1) is 12.0 Å². The number of nitrogens with one attached hydrogen (secondary N) is 2. The van der Waals surface area contributed by atoms with Crippen LogP contribution in [0, 0.1) is 10.1 Å². The largest absolute Gasteiger partial charge is 0.508 e. The van der Waals surface area contributed by atoms with Crippen LogP contribution in [-0.2, 0) is 31.9 Å². The molecule has 12 heteroatoms. The van der Waals surface area contributed by atoms with E-state index in [0.29, 0.717) is 5.56 Å². The molecule has 2 aromatic carbocycles. The number of nitrogens with zero attached hydrogens (tertiary/aromatic N) is 1. The van der Waals surface area contributed by atoms with E-state index in [9.17, 15) is 34.7 Å². The van der Waals surface area contributed by atoms with E-state index in [-0.39, 0.29) is 24.2 Å². The number of rotatable bonds is 9. The van der Waals surface area contributed by atoms with Crippen LogP contribution in [0.15, 0.2) is 42.5 Å². The molecule has 36 heavy (non-hydrogen) atoms. The van der Waals surface area contributed by atoms with Gasteiger partial charge in [-0.3, -0.25) is 14.9 Å². The first kappa shape index (κ1) is 27.9. The Morgan fingerprint density at radius 3 is 2.11 bits per heavy atom. The first-order chi connectivity index (χ1) is 16.8. The number of esters is 1. The molecule has 0 spiro atoms. The topological polar surface area (TPSA) is 177 Å². The Hall–Kier alpha value is -4.35. The lowest BCUT2D eigenvalue weighted by atomic mass is 10.0. The second kappa shape index (κ2) is 11.9. The van der Waals surface area contributed by atoms with Crippen LogP contribution in [0.5, 0.6) is 11.5 Å². The minimum absolute atomic E-state index is 0.0296. The maximum atomic E-state index is 13.2. The Morgan fingerprint density at radius 1 is 0.972 bits per heavy atom. The second-order valence-electron chi connectivity index (χ2n) is 8.94. The Balaban J connectivity index is 2.30. The van der Waals surface area contributed by atoms with Crippen LogP contribution in [0.3, 0.4) is 0 Å². The van der Waals surface area contributed by atoms with Crippen LogP contribution in [-0.4, -0.2) is 57.9 Å². The van der Waals surface area contributed by atoms with Crippen molar-refractivity contribution >= 4 is 23.7 Å². The van der Waals surface area contributed by atoms with Crippen molar-refractivity contribution in [1.29, 1.82) is 0 Å². The summed E-state index contributed by atoms with van der Waals surface area (Å²) in [4.78, 5) is 48.4. The number of methoxy groups -OCH3 is 1. The third-order valence-electron chi connectivity index (χ3n) is 4.86. The molecule has 2 atom stereocenters. The molecular weight excluding hydrogens is 474 g/mol. The summed E-state index contributed by atoms with van der Waals surface area (Å²) in [5.41, 5.74) is -0.544. The molecule has 0 aliphatic rings. The predicted molar refractivity (Wildman–Crippen MR) is 127 cm³/mol. The monoisotopic (exact) mass is 503 g/mol. The van der Waals surface area contributed by atoms with Gasteiger partial charge in [-0.05, 0) is 50.1 Å². The van der Waals surface area contributed by atoms with Gasteiger partial charge in [-0.25, -0.2) is 9.59 Å². The summed E-state index contributed by atoms with van der Waals surface area (Å²) in [7, 11) is 1.16. The van der Waals surface area contributed by atoms with Gasteiger partial charge in [0.15, 0.2) is 5.75 Å². The fourth-order valence-electron chi connectivity index (χ4n) is 3.21. The van der Waals surface area contributed by atoms with E-state index in [2.05, 4.69) is 10.6 Å². The lowest BCUT2D eigenvalue weighted by molar-refractivity contribution is -0.385. The van der Waals surface area contributed by atoms with Crippen LogP contribution in [0.2, 0.25) is 0 Å². The molecular formula is C24H29N3O9. The first-order valence-electron chi connectivity index (χ1n) is 10.9. The Labute approximate surface area is 207 Å². The van der Waals surface area contributed by atoms with Gasteiger partial charge in [-0.1, -0.05) is 18.2 Å². The number of carbonyl (C=O) groups is 3. The molecule has 0 saturated heterocycles. The zero-order valence-electron chi connectivity index (χ0n) is 20.3. The molecule has 194 valence electrons. The molecule has 0 heterocycles. The molecule has 4 N–H and O–H groups in total. The molecule has 0 bridgehead atoms. The standard InChI is InChI=1S/C24H29N3O9/c1-24(2,3)36-23(32)26-17(12-15-7-10-20(29)19(13-15)27(33)34)21(30)25-18(22(31)35-4)11-14-5-8-16(28)9-6-14/h5-10,13,17-18,28-29H,11-12H2,1-4H3,(H,25,30)(H,26,32)/t17-,18-/m0/s1. The van der Waals surface area contributed by atoms with Crippen LogP contribution in [0.4, 0.5) is 10.5 Å². The van der Waals surface area contributed by atoms with Gasteiger partial charge in [0, 0.05) is 18.9 Å². The van der Waals surface area contributed by atoms with Crippen LogP contribution < -0.4 is 10.6 Å². The third-order valence-corrected chi connectivity index (χ3v) is 4.86. The molecule has 2 rings (SSSR count). The maximum Gasteiger partial charge on any atom is 0.408 e. The number of alkyl carbamates (subject to hydrolysis) is 1. The quantitative estimate of drug-likeness (QED) is 0.227. The molecule has 0 fully saturated rings. The number of ether oxygens (including phenoxy) is 2. The number of phenols is 2. The zero-order valence-corrected chi connectivity index (χ0v) is 20.3. The zero-order chi connectivity index (χ0) is 27.0. The number of hydrogen-bond acceptors (Lipinski definition) is 9. The maximum absolute atomic E-state index is 13.2. The van der Waals surface area contributed by atoms with Crippen LogP contribution in [0.25, 0.3) is 0 Å². The lowest BCUT2D eigenvalue weighted by Crippen LogP contribution is -2.53. The molecule has 0 radical (unpaired) electrons. The van der Waals surface area contributed by atoms with E-state index in [4.69, 9.17) is 9.47 Å². The van der Waals surface area contributed by atoms with E-state index in [1.54, 1.807) is 32.9 Å². The smallest absolute Gasteiger partial charge is 0.408 e. The van der Waals surface area contributed by atoms with Crippen molar-refractivity contribution in [3.05, 3.63) is 63.7 Å². The summed E-state index contributed by atoms with van der Waals surface area (Å²) < 4.78 is 10.0. The number of benzene rings is 2. The molecule has 0 aromatic heterocycles. The van der Waals surface area contributed by atoms with Gasteiger partial charge in [-0.15, -0.1) is 0 Å². The minimum Gasteiger partial charge on any atom is -0.508 e. The molecule has 0 saturated carbocycles. The average molecular weight is 504 g/mol. The van der Waals surface area contributed by atoms with Crippen molar-refractivity contribution in [2.75, 3.05) is 7.11 Å². The van der Waals surface area contributed by atoms with Gasteiger partial charge in [0.1, 0.15) is 23.4 Å². The highest BCUT2D eigenvalue weighted by atomic mass is 16.6. The van der Waals surface area contributed by atoms with Gasteiger partial charge in [-0.2, -0.15) is 0 Å². The summed E-state index contributed by atoms with van der Waals surface area (Å²) in [6.45, 7) is 4.90. The lowest BCUT2D eigenvalue weighted by Gasteiger charge is -2.25. The van der Waals surface area contributed by atoms with E-state index in [1.165, 1.54) is 18.2 Å². The summed E-state index contributed by atoms with van der Waals surface area (Å²) >= 11 is 0. The third kappa shape index (κ3) is 8.46. The average Bonchev–Trinajstić information content (AvgIpc) is 2.78.